The van der Waals surface area contributed by atoms with Crippen LogP contribution in [0.25, 0.3) is 10.4 Å². The van der Waals surface area contributed by atoms with E-state index in [0.717, 1.165) is 9.80 Å². The van der Waals surface area contributed by atoms with Crippen molar-refractivity contribution in [2.75, 3.05) is 55.7 Å². The van der Waals surface area contributed by atoms with E-state index in [1.807, 2.05) is 0 Å². The molecule has 12 heteroatoms. The van der Waals surface area contributed by atoms with Gasteiger partial charge in [-0.25, -0.2) is 14.6 Å². The minimum atomic E-state index is -1.89. The number of nitrogens with zero attached hydrogens (tertiary/aromatic N) is 5. The van der Waals surface area contributed by atoms with Crippen LogP contribution in [-0.4, -0.2) is 83.4 Å². The Morgan fingerprint density at radius 1 is 1.00 bits per heavy atom. The highest BCUT2D eigenvalue weighted by Crippen LogP contribution is 2.44. The first kappa shape index (κ1) is 19.4. The van der Waals surface area contributed by atoms with E-state index < -0.39 is 24.6 Å². The lowest BCUT2D eigenvalue weighted by molar-refractivity contribution is -0.450. The zero-order valence-electron chi connectivity index (χ0n) is 13.7. The fraction of sp³-hybridized carbons (Fsp3) is 0.909. The van der Waals surface area contributed by atoms with E-state index in [1.54, 1.807) is 0 Å². The first-order chi connectivity index (χ1) is 11.0. The van der Waals surface area contributed by atoms with Crippen LogP contribution < -0.4 is 0 Å². The van der Waals surface area contributed by atoms with Gasteiger partial charge in [0.05, 0.1) is 0 Å². The molecule has 1 rings (SSSR count). The molecule has 0 aromatic heterocycles. The highest BCUT2D eigenvalue weighted by Gasteiger charge is 2.72. The molecule has 1 fully saturated rings. The normalized spacial score (nSPS) is 23.3. The number of hydrogen-bond donors (Lipinski definition) is 0. The standard InChI is InChI=1S/C11H21N5O7/c1-18-7-15-9(17)16(8-19-2)11(22-5,23-6-13-14-12)10(15,20-3)21-4/h6-8H2,1-5H3. The second kappa shape index (κ2) is 8.26. The number of carbonyl (C=O) groups is 1. The third-order valence-corrected chi connectivity index (χ3v) is 3.30. The molecule has 2 amide bonds. The first-order valence-electron chi connectivity index (χ1n) is 6.42. The highest BCUT2D eigenvalue weighted by atomic mass is 16.8. The largest absolute Gasteiger partial charge is 0.364 e. The quantitative estimate of drug-likeness (QED) is 0.245. The molecule has 1 atom stereocenters. The van der Waals surface area contributed by atoms with E-state index in [4.69, 9.17) is 34.0 Å². The molecule has 12 nitrogen and oxygen atoms in total. The minimum absolute atomic E-state index is 0.170. The van der Waals surface area contributed by atoms with E-state index in [2.05, 4.69) is 10.0 Å². The molecule has 132 valence electrons. The second-order valence-corrected chi connectivity index (χ2v) is 4.25. The summed E-state index contributed by atoms with van der Waals surface area (Å²) < 4.78 is 31.9. The number of rotatable bonds is 10. The summed E-state index contributed by atoms with van der Waals surface area (Å²) in [4.78, 5) is 17.5. The maximum atomic E-state index is 12.7. The SMILES string of the molecule is COCN1C(=O)N(COC)C(OC)(OCN=[N+]=[N-])C1(OC)OC. The van der Waals surface area contributed by atoms with Crippen LogP contribution in [0, 0.1) is 0 Å². The molecule has 0 bridgehead atoms. The predicted octanol–water partition coefficient (Wildman–Crippen LogP) is 0.463. The molecule has 0 saturated carbocycles. The fourth-order valence-electron chi connectivity index (χ4n) is 2.45. The molecule has 23 heavy (non-hydrogen) atoms. The maximum Gasteiger partial charge on any atom is 0.336 e. The molecule has 0 aromatic carbocycles. The topological polar surface area (TPSA) is 128 Å². The van der Waals surface area contributed by atoms with Gasteiger partial charge in [-0.3, -0.25) is 0 Å². The summed E-state index contributed by atoms with van der Waals surface area (Å²) in [6, 6.07) is -0.583. The number of azide groups is 1. The van der Waals surface area contributed by atoms with Gasteiger partial charge in [-0.15, -0.1) is 0 Å². The highest BCUT2D eigenvalue weighted by molar-refractivity contribution is 5.78. The summed E-state index contributed by atoms with van der Waals surface area (Å²) >= 11 is 0. The van der Waals surface area contributed by atoms with E-state index >= 15 is 0 Å². The molecule has 1 saturated heterocycles. The van der Waals surface area contributed by atoms with Crippen molar-refractivity contribution in [1.29, 1.82) is 0 Å². The van der Waals surface area contributed by atoms with Crippen molar-refractivity contribution in [3.63, 3.8) is 0 Å². The zero-order chi connectivity index (χ0) is 17.5. The monoisotopic (exact) mass is 335 g/mol. The molecular formula is C11H21N5O7. The Labute approximate surface area is 133 Å². The zero-order valence-corrected chi connectivity index (χ0v) is 13.7. The fourth-order valence-corrected chi connectivity index (χ4v) is 2.45. The van der Waals surface area contributed by atoms with Crippen molar-refractivity contribution in [2.45, 2.75) is 11.8 Å². The van der Waals surface area contributed by atoms with Crippen molar-refractivity contribution in [1.82, 2.24) is 9.80 Å². The summed E-state index contributed by atoms with van der Waals surface area (Å²) in [6.07, 6.45) is 0. The Kier molecular flexibility index (Phi) is 6.97. The maximum absolute atomic E-state index is 12.7. The minimum Gasteiger partial charge on any atom is -0.364 e. The van der Waals surface area contributed by atoms with Crippen LogP contribution in [0.3, 0.4) is 0 Å². The van der Waals surface area contributed by atoms with Crippen LogP contribution in [0.1, 0.15) is 0 Å². The summed E-state index contributed by atoms with van der Waals surface area (Å²) in [5.41, 5.74) is 8.44. The third kappa shape index (κ3) is 2.93. The van der Waals surface area contributed by atoms with Crippen LogP contribution in [-0.2, 0) is 28.4 Å². The Balaban J connectivity index is 3.44. The van der Waals surface area contributed by atoms with Crippen molar-refractivity contribution in [2.24, 2.45) is 5.11 Å². The van der Waals surface area contributed by atoms with Crippen LogP contribution >= 0.6 is 0 Å². The van der Waals surface area contributed by atoms with E-state index in [-0.39, 0.29) is 13.5 Å². The lowest BCUT2D eigenvalue weighted by Gasteiger charge is -2.44. The Morgan fingerprint density at radius 2 is 1.48 bits per heavy atom. The van der Waals surface area contributed by atoms with Gasteiger partial charge in [0.15, 0.2) is 0 Å². The van der Waals surface area contributed by atoms with Crippen molar-refractivity contribution in [3.8, 4) is 0 Å². The number of ether oxygens (including phenoxy) is 6. The van der Waals surface area contributed by atoms with Crippen LogP contribution in [0.2, 0.25) is 0 Å². The first-order valence-corrected chi connectivity index (χ1v) is 6.42. The molecule has 0 spiro atoms. The molecule has 0 radical (unpaired) electrons. The smallest absolute Gasteiger partial charge is 0.336 e. The Hall–Kier alpha value is -1.66. The van der Waals surface area contributed by atoms with Gasteiger partial charge in [0, 0.05) is 40.5 Å². The average molecular weight is 335 g/mol. The number of methoxy groups -OCH3 is 5. The van der Waals surface area contributed by atoms with Gasteiger partial charge in [-0.2, -0.15) is 0 Å². The van der Waals surface area contributed by atoms with Gasteiger partial charge in [0.25, 0.3) is 0 Å². The van der Waals surface area contributed by atoms with Crippen LogP contribution in [0.4, 0.5) is 4.79 Å². The number of carbonyl (C=O) groups excluding carboxylic acids is 1. The van der Waals surface area contributed by atoms with E-state index in [0.29, 0.717) is 0 Å². The molecular weight excluding hydrogens is 314 g/mol. The molecule has 1 aliphatic heterocycles. The third-order valence-electron chi connectivity index (χ3n) is 3.30. The van der Waals surface area contributed by atoms with E-state index in [9.17, 15) is 4.79 Å². The second-order valence-electron chi connectivity index (χ2n) is 4.25. The molecule has 1 unspecified atom stereocenters. The van der Waals surface area contributed by atoms with Crippen molar-refractivity contribution in [3.05, 3.63) is 10.4 Å². The molecule has 0 N–H and O–H groups in total. The Morgan fingerprint density at radius 3 is 1.87 bits per heavy atom. The molecule has 0 aliphatic carbocycles. The van der Waals surface area contributed by atoms with Gasteiger partial charge in [0.1, 0.15) is 20.2 Å². The summed E-state index contributed by atoms with van der Waals surface area (Å²) in [5, 5.41) is 3.29. The average Bonchev–Trinajstić information content (AvgIpc) is 2.76. The number of amides is 2. The van der Waals surface area contributed by atoms with Crippen LogP contribution in [0.5, 0.6) is 0 Å². The van der Waals surface area contributed by atoms with Gasteiger partial charge < -0.3 is 28.4 Å². The van der Waals surface area contributed by atoms with Crippen LogP contribution in [0.15, 0.2) is 5.11 Å². The molecule has 1 aliphatic rings. The van der Waals surface area contributed by atoms with Gasteiger partial charge >= 0.3 is 17.9 Å². The van der Waals surface area contributed by atoms with Gasteiger partial charge in [-0.05, 0) is 5.53 Å². The lowest BCUT2D eigenvalue weighted by atomic mass is 10.3. The van der Waals surface area contributed by atoms with E-state index in [1.165, 1.54) is 35.5 Å². The summed E-state index contributed by atoms with van der Waals surface area (Å²) in [7, 11) is 6.69. The number of hydrogen-bond acceptors (Lipinski definition) is 8. The van der Waals surface area contributed by atoms with Gasteiger partial charge in [-0.1, -0.05) is 5.11 Å². The number of urea groups is 1. The van der Waals surface area contributed by atoms with Gasteiger partial charge in [0.2, 0.25) is 0 Å². The predicted molar refractivity (Wildman–Crippen MR) is 74.4 cm³/mol. The van der Waals surface area contributed by atoms with Crippen molar-refractivity contribution < 1.29 is 33.2 Å². The lowest BCUT2D eigenvalue weighted by Crippen LogP contribution is -2.66. The van der Waals surface area contributed by atoms with Crippen molar-refractivity contribution >= 4 is 6.03 Å². The molecule has 0 aromatic rings. The summed E-state index contributed by atoms with van der Waals surface area (Å²) in [6.45, 7) is -0.804. The Bertz CT molecular complexity index is 454. The molecule has 1 heterocycles. The summed E-state index contributed by atoms with van der Waals surface area (Å²) in [5.74, 6) is -3.71.